The summed E-state index contributed by atoms with van der Waals surface area (Å²) in [6, 6.07) is 6.55. The zero-order chi connectivity index (χ0) is 18.3. The zero-order valence-corrected chi connectivity index (χ0v) is 16.6. The predicted octanol–water partition coefficient (Wildman–Crippen LogP) is 3.82. The maximum absolute atomic E-state index is 6.42. The SMILES string of the molecule is Cc1noc(C2CNNC2C2CCCN2Cc2cccc(Cl)c2Cl)c1C. The van der Waals surface area contributed by atoms with E-state index in [0.29, 0.717) is 16.1 Å². The van der Waals surface area contributed by atoms with Gasteiger partial charge in [0.2, 0.25) is 0 Å². The van der Waals surface area contributed by atoms with Crippen LogP contribution in [-0.2, 0) is 6.54 Å². The lowest BCUT2D eigenvalue weighted by molar-refractivity contribution is 0.189. The molecule has 2 fully saturated rings. The number of halogens is 2. The van der Waals surface area contributed by atoms with E-state index in [-0.39, 0.29) is 12.0 Å². The molecule has 2 saturated heterocycles. The first-order valence-electron chi connectivity index (χ1n) is 9.14. The molecule has 7 heteroatoms. The third kappa shape index (κ3) is 3.27. The average molecular weight is 395 g/mol. The summed E-state index contributed by atoms with van der Waals surface area (Å²) in [7, 11) is 0. The highest BCUT2D eigenvalue weighted by atomic mass is 35.5. The number of nitrogens with one attached hydrogen (secondary N) is 2. The average Bonchev–Trinajstić information content (AvgIpc) is 3.33. The summed E-state index contributed by atoms with van der Waals surface area (Å²) in [5, 5.41) is 5.43. The normalized spacial score (nSPS) is 26.7. The first-order valence-corrected chi connectivity index (χ1v) is 9.90. The van der Waals surface area contributed by atoms with Crippen molar-refractivity contribution in [2.24, 2.45) is 0 Å². The molecule has 0 spiro atoms. The van der Waals surface area contributed by atoms with E-state index < -0.39 is 0 Å². The molecule has 2 aliphatic heterocycles. The molecule has 1 aromatic carbocycles. The van der Waals surface area contributed by atoms with Crippen molar-refractivity contribution in [2.75, 3.05) is 13.1 Å². The van der Waals surface area contributed by atoms with E-state index in [1.165, 1.54) is 6.42 Å². The van der Waals surface area contributed by atoms with Crippen LogP contribution in [0.25, 0.3) is 0 Å². The zero-order valence-electron chi connectivity index (χ0n) is 15.1. The smallest absolute Gasteiger partial charge is 0.145 e. The van der Waals surface area contributed by atoms with Gasteiger partial charge in [-0.1, -0.05) is 40.5 Å². The maximum Gasteiger partial charge on any atom is 0.145 e. The second kappa shape index (κ2) is 7.49. The van der Waals surface area contributed by atoms with Gasteiger partial charge in [0.05, 0.1) is 21.7 Å². The summed E-state index contributed by atoms with van der Waals surface area (Å²) >= 11 is 12.6. The number of hydrogen-bond acceptors (Lipinski definition) is 5. The predicted molar refractivity (Wildman–Crippen MR) is 104 cm³/mol. The number of aryl methyl sites for hydroxylation is 1. The van der Waals surface area contributed by atoms with Crippen molar-refractivity contribution in [3.63, 3.8) is 0 Å². The fraction of sp³-hybridized carbons (Fsp3) is 0.526. The summed E-state index contributed by atoms with van der Waals surface area (Å²) in [5.41, 5.74) is 10.0. The molecule has 4 rings (SSSR count). The minimum atomic E-state index is 0.275. The maximum atomic E-state index is 6.42. The third-order valence-electron chi connectivity index (χ3n) is 5.79. The Hall–Kier alpha value is -1.11. The molecule has 1 aromatic heterocycles. The Bertz CT molecular complexity index is 794. The molecule has 3 heterocycles. The number of aromatic nitrogens is 1. The van der Waals surface area contributed by atoms with Crippen molar-refractivity contribution in [2.45, 2.75) is 51.2 Å². The van der Waals surface area contributed by atoms with Gasteiger partial charge in [-0.3, -0.25) is 15.8 Å². The van der Waals surface area contributed by atoms with Crippen LogP contribution in [0.4, 0.5) is 0 Å². The Kier molecular flexibility index (Phi) is 5.26. The van der Waals surface area contributed by atoms with Gasteiger partial charge in [0, 0.05) is 30.7 Å². The number of rotatable bonds is 4. The molecule has 0 amide bonds. The van der Waals surface area contributed by atoms with Gasteiger partial charge >= 0.3 is 0 Å². The Morgan fingerprint density at radius 1 is 1.31 bits per heavy atom. The Morgan fingerprint density at radius 2 is 2.15 bits per heavy atom. The van der Waals surface area contributed by atoms with E-state index in [9.17, 15) is 0 Å². The molecule has 5 nitrogen and oxygen atoms in total. The number of nitrogens with zero attached hydrogens (tertiary/aromatic N) is 2. The van der Waals surface area contributed by atoms with Crippen LogP contribution in [0.2, 0.25) is 10.0 Å². The van der Waals surface area contributed by atoms with Crippen molar-refractivity contribution in [1.29, 1.82) is 0 Å². The van der Waals surface area contributed by atoms with Crippen LogP contribution in [-0.4, -0.2) is 35.2 Å². The summed E-state index contributed by atoms with van der Waals surface area (Å²) < 4.78 is 5.67. The van der Waals surface area contributed by atoms with E-state index in [1.807, 2.05) is 19.1 Å². The summed E-state index contributed by atoms with van der Waals surface area (Å²) in [4.78, 5) is 2.51. The summed E-state index contributed by atoms with van der Waals surface area (Å²) in [6.07, 6.45) is 2.34. The molecule has 0 saturated carbocycles. The molecule has 140 valence electrons. The van der Waals surface area contributed by atoms with Crippen molar-refractivity contribution in [1.82, 2.24) is 20.9 Å². The number of likely N-dealkylation sites (tertiary alicyclic amines) is 1. The van der Waals surface area contributed by atoms with Gasteiger partial charge < -0.3 is 4.52 Å². The minimum absolute atomic E-state index is 0.275. The van der Waals surface area contributed by atoms with E-state index in [2.05, 4.69) is 33.9 Å². The molecule has 0 bridgehead atoms. The molecule has 2 N–H and O–H groups in total. The monoisotopic (exact) mass is 394 g/mol. The highest BCUT2D eigenvalue weighted by molar-refractivity contribution is 6.42. The van der Waals surface area contributed by atoms with E-state index in [1.54, 1.807) is 0 Å². The molecule has 2 aliphatic rings. The largest absolute Gasteiger partial charge is 0.360 e. The summed E-state index contributed by atoms with van der Waals surface area (Å²) in [6.45, 7) is 6.81. The first kappa shape index (κ1) is 18.3. The van der Waals surface area contributed by atoms with Crippen molar-refractivity contribution in [3.8, 4) is 0 Å². The Labute approximate surface area is 164 Å². The highest BCUT2D eigenvalue weighted by Gasteiger charge is 2.42. The van der Waals surface area contributed by atoms with Crippen LogP contribution >= 0.6 is 23.2 Å². The van der Waals surface area contributed by atoms with Gasteiger partial charge in [-0.15, -0.1) is 0 Å². The van der Waals surface area contributed by atoms with E-state index >= 15 is 0 Å². The molecule has 0 aliphatic carbocycles. The number of benzene rings is 1. The van der Waals surface area contributed by atoms with Crippen LogP contribution < -0.4 is 10.9 Å². The lowest BCUT2D eigenvalue weighted by Gasteiger charge is -2.32. The second-order valence-corrected chi connectivity index (χ2v) is 8.09. The fourth-order valence-electron chi connectivity index (χ4n) is 4.26. The molecule has 26 heavy (non-hydrogen) atoms. The lowest BCUT2D eigenvalue weighted by atomic mass is 9.89. The molecule has 0 radical (unpaired) electrons. The van der Waals surface area contributed by atoms with Crippen LogP contribution in [0.1, 0.15) is 41.3 Å². The third-order valence-corrected chi connectivity index (χ3v) is 6.65. The topological polar surface area (TPSA) is 53.3 Å². The Balaban J connectivity index is 1.56. The lowest BCUT2D eigenvalue weighted by Crippen LogP contribution is -2.47. The van der Waals surface area contributed by atoms with Gasteiger partial charge in [0.15, 0.2) is 0 Å². The van der Waals surface area contributed by atoms with Gasteiger partial charge in [0.1, 0.15) is 5.76 Å². The summed E-state index contributed by atoms with van der Waals surface area (Å²) in [5.74, 6) is 1.27. The van der Waals surface area contributed by atoms with E-state index in [4.69, 9.17) is 27.7 Å². The highest BCUT2D eigenvalue weighted by Crippen LogP contribution is 2.35. The second-order valence-electron chi connectivity index (χ2n) is 7.31. The molecule has 2 aromatic rings. The van der Waals surface area contributed by atoms with Gasteiger partial charge in [-0.05, 0) is 44.9 Å². The molecular formula is C19H24Cl2N4O. The van der Waals surface area contributed by atoms with Crippen molar-refractivity contribution in [3.05, 3.63) is 50.8 Å². The fourth-order valence-corrected chi connectivity index (χ4v) is 4.64. The van der Waals surface area contributed by atoms with Gasteiger partial charge in [-0.2, -0.15) is 0 Å². The van der Waals surface area contributed by atoms with Gasteiger partial charge in [0.25, 0.3) is 0 Å². The van der Waals surface area contributed by atoms with Crippen molar-refractivity contribution < 1.29 is 4.52 Å². The minimum Gasteiger partial charge on any atom is -0.360 e. The van der Waals surface area contributed by atoms with Crippen LogP contribution in [0.3, 0.4) is 0 Å². The molecule has 3 atom stereocenters. The molecule has 3 unspecified atom stereocenters. The number of hydrazine groups is 1. The van der Waals surface area contributed by atoms with Gasteiger partial charge in [-0.25, -0.2) is 0 Å². The van der Waals surface area contributed by atoms with Crippen LogP contribution in [0.5, 0.6) is 0 Å². The van der Waals surface area contributed by atoms with Crippen molar-refractivity contribution >= 4 is 23.2 Å². The quantitative estimate of drug-likeness (QED) is 0.825. The van der Waals surface area contributed by atoms with E-state index in [0.717, 1.165) is 48.6 Å². The standard InChI is InChI=1S/C19H24Cl2N4O/c1-11-12(2)24-26-19(11)14-9-22-23-18(14)16-7-4-8-25(16)10-13-5-3-6-15(20)17(13)21/h3,5-6,14,16,18,22-23H,4,7-10H2,1-2H3. The van der Waals surface area contributed by atoms with Crippen LogP contribution in [0.15, 0.2) is 22.7 Å². The molecular weight excluding hydrogens is 371 g/mol. The first-order chi connectivity index (χ1) is 12.6. The Morgan fingerprint density at radius 3 is 2.92 bits per heavy atom. The number of hydrogen-bond donors (Lipinski definition) is 2. The van der Waals surface area contributed by atoms with Crippen LogP contribution in [0, 0.1) is 13.8 Å².